The molecule has 8 heteroatoms. The van der Waals surface area contributed by atoms with Crippen LogP contribution < -0.4 is 0 Å². The molecule has 0 saturated carbocycles. The zero-order valence-corrected chi connectivity index (χ0v) is 17.0. The summed E-state index contributed by atoms with van der Waals surface area (Å²) < 4.78 is 5.07. The third-order valence-electron chi connectivity index (χ3n) is 3.77. The zero-order chi connectivity index (χ0) is 19.3. The fraction of sp³-hybridized carbons (Fsp3) is 0.333. The normalized spacial score (nSPS) is 10.7. The largest absolute Gasteiger partial charge is 0.457 e. The molecule has 0 N–H and O–H groups in total. The minimum atomic E-state index is -0.453. The van der Waals surface area contributed by atoms with Gasteiger partial charge in [0, 0.05) is 23.4 Å². The number of aryl methyl sites for hydroxylation is 2. The van der Waals surface area contributed by atoms with Gasteiger partial charge in [-0.15, -0.1) is 0 Å². The van der Waals surface area contributed by atoms with Gasteiger partial charge in [-0.1, -0.05) is 35.0 Å². The molecule has 138 valence electrons. The van der Waals surface area contributed by atoms with Gasteiger partial charge in [0.25, 0.3) is 0 Å². The van der Waals surface area contributed by atoms with E-state index < -0.39 is 5.97 Å². The predicted molar refractivity (Wildman–Crippen MR) is 103 cm³/mol. The highest BCUT2D eigenvalue weighted by Crippen LogP contribution is 2.23. The lowest BCUT2D eigenvalue weighted by molar-refractivity contribution is -0.142. The zero-order valence-electron chi connectivity index (χ0n) is 14.6. The Labute approximate surface area is 166 Å². The second-order valence-electron chi connectivity index (χ2n) is 5.57. The first-order valence-corrected chi connectivity index (χ1v) is 9.82. The molecule has 0 aliphatic carbocycles. The number of carbonyl (C=O) groups excluding carboxylic acids is 2. The average molecular weight is 413 g/mol. The molecule has 0 aliphatic rings. The van der Waals surface area contributed by atoms with Crippen LogP contribution in [0.25, 0.3) is 0 Å². The molecule has 0 spiro atoms. The highest BCUT2D eigenvalue weighted by molar-refractivity contribution is 7.98. The number of Topliss-reactive ketones (excluding diaryl/α,β-unsaturated/α-hetero) is 1. The summed E-state index contributed by atoms with van der Waals surface area (Å²) in [5.41, 5.74) is 2.97. The Hall–Kier alpha value is -1.63. The number of rotatable bonds is 7. The van der Waals surface area contributed by atoms with Gasteiger partial charge in [-0.2, -0.15) is 0 Å². The maximum absolute atomic E-state index is 12.1. The standard InChI is InChI=1S/C18H18Cl2N2O3S/c1-10-13(11(2)22-18(21-10)26-3)5-7-17(24)25-9-16(23)12-4-6-14(19)15(20)8-12/h4,6,8H,5,7,9H2,1-3H3. The molecule has 2 rings (SSSR count). The summed E-state index contributed by atoms with van der Waals surface area (Å²) in [7, 11) is 0. The van der Waals surface area contributed by atoms with Crippen molar-refractivity contribution in [2.45, 2.75) is 31.8 Å². The van der Waals surface area contributed by atoms with Crippen LogP contribution in [0.5, 0.6) is 0 Å². The van der Waals surface area contributed by atoms with Crippen molar-refractivity contribution < 1.29 is 14.3 Å². The van der Waals surface area contributed by atoms with Gasteiger partial charge in [0.1, 0.15) is 0 Å². The molecule has 1 aromatic carbocycles. The first-order valence-electron chi connectivity index (χ1n) is 7.83. The van der Waals surface area contributed by atoms with Crippen LogP contribution in [0, 0.1) is 13.8 Å². The summed E-state index contributed by atoms with van der Waals surface area (Å²) in [6.07, 6.45) is 2.53. The van der Waals surface area contributed by atoms with E-state index in [1.54, 1.807) is 6.07 Å². The maximum atomic E-state index is 12.1. The number of thioether (sulfide) groups is 1. The van der Waals surface area contributed by atoms with Gasteiger partial charge >= 0.3 is 5.97 Å². The number of hydrogen-bond donors (Lipinski definition) is 0. The number of halogens is 2. The maximum Gasteiger partial charge on any atom is 0.306 e. The fourth-order valence-corrected chi connectivity index (χ4v) is 3.11. The molecule has 0 amide bonds. The molecule has 26 heavy (non-hydrogen) atoms. The van der Waals surface area contributed by atoms with Crippen LogP contribution >= 0.6 is 35.0 Å². The van der Waals surface area contributed by atoms with Crippen LogP contribution in [-0.4, -0.2) is 34.6 Å². The number of benzene rings is 1. The van der Waals surface area contributed by atoms with Crippen molar-refractivity contribution in [3.05, 3.63) is 50.8 Å². The van der Waals surface area contributed by atoms with Gasteiger partial charge in [0.15, 0.2) is 17.5 Å². The molecule has 0 aliphatic heterocycles. The highest BCUT2D eigenvalue weighted by atomic mass is 35.5. The van der Waals surface area contributed by atoms with Crippen molar-refractivity contribution >= 4 is 46.7 Å². The summed E-state index contributed by atoms with van der Waals surface area (Å²) in [4.78, 5) is 32.8. The van der Waals surface area contributed by atoms with Gasteiger partial charge in [0.05, 0.1) is 10.0 Å². The predicted octanol–water partition coefficient (Wildman–Crippen LogP) is 4.48. The van der Waals surface area contributed by atoms with E-state index in [0.29, 0.717) is 22.2 Å². The van der Waals surface area contributed by atoms with E-state index in [2.05, 4.69) is 9.97 Å². The summed E-state index contributed by atoms with van der Waals surface area (Å²) in [6, 6.07) is 4.53. The lowest BCUT2D eigenvalue weighted by Gasteiger charge is -2.10. The van der Waals surface area contributed by atoms with Gasteiger partial charge in [-0.05, 0) is 50.3 Å². The number of esters is 1. The molecule has 0 bridgehead atoms. The van der Waals surface area contributed by atoms with Crippen LogP contribution in [0.2, 0.25) is 10.0 Å². The molecule has 0 fully saturated rings. The van der Waals surface area contributed by atoms with E-state index >= 15 is 0 Å². The SMILES string of the molecule is CSc1nc(C)c(CCC(=O)OCC(=O)c2ccc(Cl)c(Cl)c2)c(C)n1. The summed E-state index contributed by atoms with van der Waals surface area (Å²) in [5.74, 6) is -0.789. The Balaban J connectivity index is 1.89. The van der Waals surface area contributed by atoms with E-state index in [-0.39, 0.29) is 23.8 Å². The second kappa shape index (κ2) is 9.35. The van der Waals surface area contributed by atoms with Crippen molar-refractivity contribution in [2.24, 2.45) is 0 Å². The number of nitrogens with zero attached hydrogens (tertiary/aromatic N) is 2. The van der Waals surface area contributed by atoms with Gasteiger partial charge in [-0.25, -0.2) is 9.97 Å². The van der Waals surface area contributed by atoms with Crippen LogP contribution in [0.4, 0.5) is 0 Å². The number of ether oxygens (including phenoxy) is 1. The average Bonchev–Trinajstić information content (AvgIpc) is 2.61. The second-order valence-corrected chi connectivity index (χ2v) is 7.16. The Bertz CT molecular complexity index is 820. The Morgan fingerprint density at radius 2 is 1.77 bits per heavy atom. The van der Waals surface area contributed by atoms with E-state index in [9.17, 15) is 9.59 Å². The number of ketones is 1. The van der Waals surface area contributed by atoms with Crippen LogP contribution in [0.3, 0.4) is 0 Å². The van der Waals surface area contributed by atoms with Gasteiger partial charge in [0.2, 0.25) is 0 Å². The van der Waals surface area contributed by atoms with Gasteiger partial charge < -0.3 is 4.74 Å². The molecule has 2 aromatic rings. The van der Waals surface area contributed by atoms with Crippen molar-refractivity contribution in [2.75, 3.05) is 12.9 Å². The smallest absolute Gasteiger partial charge is 0.306 e. The van der Waals surface area contributed by atoms with Crippen LogP contribution in [-0.2, 0) is 16.0 Å². The van der Waals surface area contributed by atoms with Gasteiger partial charge in [-0.3, -0.25) is 9.59 Å². The molecular formula is C18H18Cl2N2O3S. The van der Waals surface area contributed by atoms with Crippen molar-refractivity contribution in [3.63, 3.8) is 0 Å². The van der Waals surface area contributed by atoms with Crippen molar-refractivity contribution in [1.29, 1.82) is 0 Å². The Morgan fingerprint density at radius 1 is 1.12 bits per heavy atom. The molecule has 0 atom stereocenters. The molecule has 0 unspecified atom stereocenters. The van der Waals surface area contributed by atoms with Crippen LogP contribution in [0.15, 0.2) is 23.4 Å². The third kappa shape index (κ3) is 5.43. The summed E-state index contributed by atoms with van der Waals surface area (Å²) in [5, 5.41) is 1.35. The summed E-state index contributed by atoms with van der Waals surface area (Å²) in [6.45, 7) is 3.45. The fourth-order valence-electron chi connectivity index (χ4n) is 2.36. The van der Waals surface area contributed by atoms with E-state index in [1.807, 2.05) is 20.1 Å². The molecule has 1 heterocycles. The van der Waals surface area contributed by atoms with E-state index in [0.717, 1.165) is 17.0 Å². The number of aromatic nitrogens is 2. The van der Waals surface area contributed by atoms with E-state index in [4.69, 9.17) is 27.9 Å². The quantitative estimate of drug-likeness (QED) is 0.289. The number of carbonyl (C=O) groups is 2. The molecule has 0 saturated heterocycles. The first kappa shape index (κ1) is 20.7. The molecule has 0 radical (unpaired) electrons. The minimum absolute atomic E-state index is 0.151. The number of hydrogen-bond acceptors (Lipinski definition) is 6. The Kier molecular flexibility index (Phi) is 7.43. The minimum Gasteiger partial charge on any atom is -0.457 e. The lowest BCUT2D eigenvalue weighted by Crippen LogP contribution is -2.15. The molecule has 5 nitrogen and oxygen atoms in total. The van der Waals surface area contributed by atoms with Crippen molar-refractivity contribution in [3.8, 4) is 0 Å². The first-order chi connectivity index (χ1) is 12.3. The monoisotopic (exact) mass is 412 g/mol. The van der Waals surface area contributed by atoms with Crippen molar-refractivity contribution in [1.82, 2.24) is 9.97 Å². The molecule has 1 aromatic heterocycles. The highest BCUT2D eigenvalue weighted by Gasteiger charge is 2.14. The third-order valence-corrected chi connectivity index (χ3v) is 5.05. The van der Waals surface area contributed by atoms with E-state index in [1.165, 1.54) is 23.9 Å². The topological polar surface area (TPSA) is 69.2 Å². The molecular weight excluding hydrogens is 395 g/mol. The lowest BCUT2D eigenvalue weighted by atomic mass is 10.1. The summed E-state index contributed by atoms with van der Waals surface area (Å²) >= 11 is 13.2. The Morgan fingerprint density at radius 3 is 2.35 bits per heavy atom. The van der Waals surface area contributed by atoms with Crippen LogP contribution in [0.1, 0.15) is 33.7 Å².